The van der Waals surface area contributed by atoms with Crippen LogP contribution in [0.25, 0.3) is 0 Å². The highest BCUT2D eigenvalue weighted by Crippen LogP contribution is 2.38. The van der Waals surface area contributed by atoms with Crippen LogP contribution in [0.15, 0.2) is 9.52 Å². The fourth-order valence-corrected chi connectivity index (χ4v) is 2.31. The minimum absolute atomic E-state index is 0. The van der Waals surface area contributed by atoms with Crippen LogP contribution in [0, 0.1) is 0 Å². The summed E-state index contributed by atoms with van der Waals surface area (Å²) in [5.74, 6) is 2.35. The van der Waals surface area contributed by atoms with Crippen molar-refractivity contribution in [2.24, 2.45) is 10.7 Å². The Balaban J connectivity index is 0.00000133. The van der Waals surface area contributed by atoms with Gasteiger partial charge < -0.3 is 15.6 Å². The first-order valence-electron chi connectivity index (χ1n) is 6.70. The standard InChI is InChI=1S/C12H19N5O.HI/c13-12(15-9-3-1-2-4-9)14-7-10-16-11(18-17-10)8-5-6-8;/h8-9H,1-7H2,(H3,13,14,15);1H. The molecule has 2 fully saturated rings. The summed E-state index contributed by atoms with van der Waals surface area (Å²) in [5, 5.41) is 7.14. The number of nitrogens with one attached hydrogen (secondary N) is 1. The van der Waals surface area contributed by atoms with Gasteiger partial charge in [-0.3, -0.25) is 0 Å². The molecule has 0 atom stereocenters. The van der Waals surface area contributed by atoms with Gasteiger partial charge in [-0.15, -0.1) is 24.0 Å². The molecule has 0 bridgehead atoms. The minimum atomic E-state index is 0. The molecular formula is C12H20IN5O. The van der Waals surface area contributed by atoms with Crippen LogP contribution in [-0.2, 0) is 6.54 Å². The average molecular weight is 377 g/mol. The van der Waals surface area contributed by atoms with Crippen LogP contribution in [0.4, 0.5) is 0 Å². The van der Waals surface area contributed by atoms with Gasteiger partial charge >= 0.3 is 0 Å². The molecule has 2 aliphatic rings. The lowest BCUT2D eigenvalue weighted by atomic mass is 10.2. The zero-order valence-electron chi connectivity index (χ0n) is 10.8. The number of nitrogens with two attached hydrogens (primary N) is 1. The van der Waals surface area contributed by atoms with Crippen LogP contribution in [0.3, 0.4) is 0 Å². The molecule has 0 unspecified atom stereocenters. The van der Waals surface area contributed by atoms with E-state index in [-0.39, 0.29) is 24.0 Å². The van der Waals surface area contributed by atoms with Crippen molar-refractivity contribution in [1.29, 1.82) is 0 Å². The number of hydrogen-bond donors (Lipinski definition) is 2. The molecule has 19 heavy (non-hydrogen) atoms. The number of guanidine groups is 1. The Morgan fingerprint density at radius 2 is 2.05 bits per heavy atom. The van der Waals surface area contributed by atoms with Crippen molar-refractivity contribution in [2.75, 3.05) is 0 Å². The molecule has 1 aromatic heterocycles. The van der Waals surface area contributed by atoms with E-state index in [9.17, 15) is 0 Å². The van der Waals surface area contributed by atoms with Gasteiger partial charge in [-0.2, -0.15) is 4.98 Å². The molecule has 0 radical (unpaired) electrons. The van der Waals surface area contributed by atoms with E-state index in [4.69, 9.17) is 10.3 Å². The molecule has 1 aromatic rings. The number of aliphatic imine (C=N–C) groups is 1. The molecule has 7 heteroatoms. The number of aromatic nitrogens is 2. The molecule has 1 heterocycles. The summed E-state index contributed by atoms with van der Waals surface area (Å²) < 4.78 is 5.16. The summed E-state index contributed by atoms with van der Waals surface area (Å²) in [4.78, 5) is 8.56. The quantitative estimate of drug-likeness (QED) is 0.475. The summed E-state index contributed by atoms with van der Waals surface area (Å²) in [6.07, 6.45) is 7.25. The van der Waals surface area contributed by atoms with Crippen molar-refractivity contribution in [3.63, 3.8) is 0 Å². The second kappa shape index (κ2) is 6.53. The normalized spacial score (nSPS) is 20.3. The number of halogens is 1. The van der Waals surface area contributed by atoms with E-state index >= 15 is 0 Å². The molecule has 106 valence electrons. The van der Waals surface area contributed by atoms with Gasteiger partial charge in [0.1, 0.15) is 6.54 Å². The van der Waals surface area contributed by atoms with Gasteiger partial charge in [0.25, 0.3) is 0 Å². The van der Waals surface area contributed by atoms with Gasteiger partial charge in [-0.25, -0.2) is 4.99 Å². The van der Waals surface area contributed by atoms with Crippen molar-refractivity contribution in [1.82, 2.24) is 15.5 Å². The molecular weight excluding hydrogens is 357 g/mol. The summed E-state index contributed by atoms with van der Waals surface area (Å²) in [7, 11) is 0. The molecule has 0 amide bonds. The summed E-state index contributed by atoms with van der Waals surface area (Å²) in [6.45, 7) is 0.391. The smallest absolute Gasteiger partial charge is 0.229 e. The SMILES string of the molecule is I.NC(=NCc1noc(C2CC2)n1)NC1CCCC1. The van der Waals surface area contributed by atoms with Crippen LogP contribution in [0.5, 0.6) is 0 Å². The Bertz CT molecular complexity index is 437. The number of nitrogens with zero attached hydrogens (tertiary/aromatic N) is 3. The van der Waals surface area contributed by atoms with Crippen molar-refractivity contribution >= 4 is 29.9 Å². The van der Waals surface area contributed by atoms with Crippen LogP contribution in [0.1, 0.15) is 56.2 Å². The molecule has 0 spiro atoms. The molecule has 2 aliphatic carbocycles. The Kier molecular flexibility index (Phi) is 5.00. The number of rotatable bonds is 4. The van der Waals surface area contributed by atoms with Gasteiger partial charge in [-0.1, -0.05) is 18.0 Å². The monoisotopic (exact) mass is 377 g/mol. The van der Waals surface area contributed by atoms with Crippen LogP contribution in [-0.4, -0.2) is 22.1 Å². The molecule has 6 nitrogen and oxygen atoms in total. The maximum atomic E-state index is 5.83. The highest BCUT2D eigenvalue weighted by Gasteiger charge is 2.29. The molecule has 0 aliphatic heterocycles. The van der Waals surface area contributed by atoms with E-state index in [1.807, 2.05) is 0 Å². The Labute approximate surface area is 129 Å². The third kappa shape index (κ3) is 4.05. The van der Waals surface area contributed by atoms with Gasteiger partial charge in [0.2, 0.25) is 5.89 Å². The maximum absolute atomic E-state index is 5.83. The molecule has 3 N–H and O–H groups in total. The molecule has 3 rings (SSSR count). The zero-order valence-corrected chi connectivity index (χ0v) is 13.2. The first-order chi connectivity index (χ1) is 8.81. The topological polar surface area (TPSA) is 89.3 Å². The Hall–Kier alpha value is -0.860. The lowest BCUT2D eigenvalue weighted by molar-refractivity contribution is 0.374. The van der Waals surface area contributed by atoms with Crippen LogP contribution in [0.2, 0.25) is 0 Å². The minimum Gasteiger partial charge on any atom is -0.370 e. The average Bonchev–Trinajstić information content (AvgIpc) is 2.90. The lowest BCUT2D eigenvalue weighted by Crippen LogP contribution is -2.38. The predicted octanol–water partition coefficient (Wildman–Crippen LogP) is 1.91. The highest BCUT2D eigenvalue weighted by molar-refractivity contribution is 14.0. The third-order valence-electron chi connectivity index (χ3n) is 3.51. The van der Waals surface area contributed by atoms with Gasteiger partial charge in [0.05, 0.1) is 0 Å². The largest absolute Gasteiger partial charge is 0.370 e. The van der Waals surface area contributed by atoms with Crippen molar-refractivity contribution < 1.29 is 4.52 Å². The second-order valence-corrected chi connectivity index (χ2v) is 5.15. The Morgan fingerprint density at radius 1 is 1.32 bits per heavy atom. The summed E-state index contributed by atoms with van der Waals surface area (Å²) in [6, 6.07) is 0.487. The summed E-state index contributed by atoms with van der Waals surface area (Å²) >= 11 is 0. The second-order valence-electron chi connectivity index (χ2n) is 5.15. The fraction of sp³-hybridized carbons (Fsp3) is 0.750. The van der Waals surface area contributed by atoms with E-state index < -0.39 is 0 Å². The lowest BCUT2D eigenvalue weighted by Gasteiger charge is -2.11. The van der Waals surface area contributed by atoms with E-state index in [0.717, 1.165) is 18.7 Å². The van der Waals surface area contributed by atoms with Gasteiger partial charge in [-0.05, 0) is 25.7 Å². The van der Waals surface area contributed by atoms with Crippen molar-refractivity contribution in [2.45, 2.75) is 57.0 Å². The van der Waals surface area contributed by atoms with E-state index in [2.05, 4.69) is 20.4 Å². The third-order valence-corrected chi connectivity index (χ3v) is 3.51. The van der Waals surface area contributed by atoms with E-state index in [1.165, 1.54) is 25.7 Å². The molecule has 0 saturated heterocycles. The van der Waals surface area contributed by atoms with Gasteiger partial charge in [0, 0.05) is 12.0 Å². The number of hydrogen-bond acceptors (Lipinski definition) is 4. The van der Waals surface area contributed by atoms with Crippen molar-refractivity contribution in [3.05, 3.63) is 11.7 Å². The Morgan fingerprint density at radius 3 is 2.74 bits per heavy atom. The first-order valence-corrected chi connectivity index (χ1v) is 6.70. The fourth-order valence-electron chi connectivity index (χ4n) is 2.31. The van der Waals surface area contributed by atoms with E-state index in [1.54, 1.807) is 0 Å². The zero-order chi connectivity index (χ0) is 12.4. The van der Waals surface area contributed by atoms with E-state index in [0.29, 0.717) is 30.3 Å². The van der Waals surface area contributed by atoms with Crippen LogP contribution < -0.4 is 11.1 Å². The first kappa shape index (κ1) is 14.5. The van der Waals surface area contributed by atoms with Gasteiger partial charge in [0.15, 0.2) is 11.8 Å². The summed E-state index contributed by atoms with van der Waals surface area (Å²) in [5.41, 5.74) is 5.83. The predicted molar refractivity (Wildman–Crippen MR) is 82.4 cm³/mol. The maximum Gasteiger partial charge on any atom is 0.229 e. The highest BCUT2D eigenvalue weighted by atomic mass is 127. The molecule has 2 saturated carbocycles. The van der Waals surface area contributed by atoms with Crippen molar-refractivity contribution in [3.8, 4) is 0 Å². The van der Waals surface area contributed by atoms with Crippen LogP contribution >= 0.6 is 24.0 Å². The molecule has 0 aromatic carbocycles.